The molecule has 2 aliphatic rings. The fraction of sp³-hybridized carbons (Fsp3) is 0.120. The van der Waals surface area contributed by atoms with Gasteiger partial charge >= 0.3 is 5.97 Å². The van der Waals surface area contributed by atoms with E-state index in [1.165, 1.54) is 12.1 Å². The van der Waals surface area contributed by atoms with Crippen LogP contribution in [0.4, 0.5) is 11.4 Å². The van der Waals surface area contributed by atoms with E-state index < -0.39 is 11.9 Å². The number of nitrogens with zero attached hydrogens (tertiary/aromatic N) is 2. The van der Waals surface area contributed by atoms with Gasteiger partial charge in [0.05, 0.1) is 22.7 Å². The van der Waals surface area contributed by atoms with Gasteiger partial charge in [0.2, 0.25) is 5.91 Å². The summed E-state index contributed by atoms with van der Waals surface area (Å²) in [7, 11) is 0. The van der Waals surface area contributed by atoms with Crippen molar-refractivity contribution in [3.05, 3.63) is 90.0 Å². The Kier molecular flexibility index (Phi) is 4.78. The van der Waals surface area contributed by atoms with Gasteiger partial charge in [0.25, 0.3) is 11.8 Å². The van der Waals surface area contributed by atoms with Gasteiger partial charge in [0.1, 0.15) is 5.75 Å². The molecule has 0 N–H and O–H groups in total. The Morgan fingerprint density at radius 2 is 1.34 bits per heavy atom. The molecule has 0 aromatic heterocycles. The van der Waals surface area contributed by atoms with Crippen LogP contribution in [0.5, 0.6) is 5.75 Å². The van der Waals surface area contributed by atoms with Gasteiger partial charge in [-0.25, -0.2) is 4.90 Å². The van der Waals surface area contributed by atoms with E-state index in [2.05, 4.69) is 0 Å². The molecule has 0 spiro atoms. The maximum absolute atomic E-state index is 12.6. The Morgan fingerprint density at radius 3 is 1.97 bits per heavy atom. The number of ether oxygens (including phenoxy) is 1. The highest BCUT2D eigenvalue weighted by Crippen LogP contribution is 2.30. The standard InChI is InChI=1S/C25H18N2O5/c28-22-14-16(15-26(22)17-6-2-1-3-7-17)25(31)32-19-12-10-18(11-13-19)27-23(29)20-8-4-5-9-21(20)24(27)30/h1-13,16H,14-15H2/t16-/m1/s1. The fourth-order valence-corrected chi connectivity index (χ4v) is 4.01. The van der Waals surface area contributed by atoms with Gasteiger partial charge in [-0.3, -0.25) is 19.2 Å². The van der Waals surface area contributed by atoms with E-state index in [4.69, 9.17) is 4.74 Å². The summed E-state index contributed by atoms with van der Waals surface area (Å²) in [4.78, 5) is 52.8. The molecule has 2 aliphatic heterocycles. The van der Waals surface area contributed by atoms with Crippen LogP contribution >= 0.6 is 0 Å². The molecule has 0 aliphatic carbocycles. The zero-order valence-corrected chi connectivity index (χ0v) is 16.9. The number of hydrogen-bond donors (Lipinski definition) is 0. The van der Waals surface area contributed by atoms with Gasteiger partial charge in [-0.2, -0.15) is 0 Å². The number of esters is 1. The molecule has 1 atom stereocenters. The SMILES string of the molecule is O=C(Oc1ccc(N2C(=O)c3ccccc3C2=O)cc1)[C@@H]1CC(=O)N(c2ccccc2)C1. The van der Waals surface area contributed by atoms with Crippen molar-refractivity contribution in [3.63, 3.8) is 0 Å². The monoisotopic (exact) mass is 426 g/mol. The first-order chi connectivity index (χ1) is 15.5. The van der Waals surface area contributed by atoms with Crippen LogP contribution in [0.2, 0.25) is 0 Å². The van der Waals surface area contributed by atoms with Crippen molar-refractivity contribution < 1.29 is 23.9 Å². The Labute approximate surface area is 183 Å². The van der Waals surface area contributed by atoms with Gasteiger partial charge < -0.3 is 9.64 Å². The lowest BCUT2D eigenvalue weighted by molar-refractivity contribution is -0.139. The molecule has 2 heterocycles. The van der Waals surface area contributed by atoms with Crippen LogP contribution < -0.4 is 14.5 Å². The number of carbonyl (C=O) groups is 4. The predicted molar refractivity (Wildman–Crippen MR) is 117 cm³/mol. The number of amides is 3. The average Bonchev–Trinajstić information content (AvgIpc) is 3.33. The first-order valence-electron chi connectivity index (χ1n) is 10.2. The molecule has 3 aromatic carbocycles. The van der Waals surface area contributed by atoms with Gasteiger partial charge in [0, 0.05) is 18.7 Å². The maximum Gasteiger partial charge on any atom is 0.316 e. The van der Waals surface area contributed by atoms with E-state index >= 15 is 0 Å². The molecular weight excluding hydrogens is 408 g/mol. The molecule has 7 nitrogen and oxygen atoms in total. The van der Waals surface area contributed by atoms with Crippen LogP contribution in [0.25, 0.3) is 0 Å². The summed E-state index contributed by atoms with van der Waals surface area (Å²) in [5.41, 5.74) is 1.86. The molecule has 1 saturated heterocycles. The minimum Gasteiger partial charge on any atom is -0.426 e. The number of imide groups is 1. The van der Waals surface area contributed by atoms with Crippen molar-refractivity contribution in [1.29, 1.82) is 0 Å². The largest absolute Gasteiger partial charge is 0.426 e. The van der Waals surface area contributed by atoms with E-state index in [1.54, 1.807) is 41.3 Å². The number of para-hydroxylation sites is 1. The summed E-state index contributed by atoms with van der Waals surface area (Å²) >= 11 is 0. The Bertz CT molecular complexity index is 1200. The summed E-state index contributed by atoms with van der Waals surface area (Å²) < 4.78 is 5.46. The number of carbonyl (C=O) groups excluding carboxylic acids is 4. The van der Waals surface area contributed by atoms with Crippen LogP contribution in [-0.4, -0.2) is 30.2 Å². The number of benzene rings is 3. The van der Waals surface area contributed by atoms with E-state index in [1.807, 2.05) is 30.3 Å². The minimum absolute atomic E-state index is 0.0842. The Balaban J connectivity index is 1.27. The van der Waals surface area contributed by atoms with Gasteiger partial charge in [0.15, 0.2) is 0 Å². The topological polar surface area (TPSA) is 84.0 Å². The van der Waals surface area contributed by atoms with E-state index in [0.717, 1.165) is 10.6 Å². The second-order valence-electron chi connectivity index (χ2n) is 7.65. The highest BCUT2D eigenvalue weighted by atomic mass is 16.5. The third-order valence-electron chi connectivity index (χ3n) is 5.63. The number of rotatable bonds is 4. The molecule has 7 heteroatoms. The second kappa shape index (κ2) is 7.77. The van der Waals surface area contributed by atoms with Crippen LogP contribution in [0.15, 0.2) is 78.9 Å². The van der Waals surface area contributed by atoms with E-state index in [-0.39, 0.29) is 36.4 Å². The summed E-state index contributed by atoms with van der Waals surface area (Å²) in [5, 5.41) is 0. The van der Waals surface area contributed by atoms with Crippen molar-refractivity contribution in [3.8, 4) is 5.75 Å². The zero-order valence-electron chi connectivity index (χ0n) is 16.9. The molecule has 32 heavy (non-hydrogen) atoms. The summed E-state index contributed by atoms with van der Waals surface area (Å²) in [6.45, 7) is 0.259. The first kappa shape index (κ1) is 19.7. The van der Waals surface area contributed by atoms with Gasteiger partial charge in [-0.15, -0.1) is 0 Å². The Morgan fingerprint density at radius 1 is 0.750 bits per heavy atom. The van der Waals surface area contributed by atoms with Crippen LogP contribution in [0.3, 0.4) is 0 Å². The van der Waals surface area contributed by atoms with Crippen LogP contribution in [0, 0.1) is 5.92 Å². The van der Waals surface area contributed by atoms with Gasteiger partial charge in [-0.1, -0.05) is 30.3 Å². The fourth-order valence-electron chi connectivity index (χ4n) is 4.01. The molecule has 158 valence electrons. The van der Waals surface area contributed by atoms with Crippen LogP contribution in [-0.2, 0) is 9.59 Å². The second-order valence-corrected chi connectivity index (χ2v) is 7.65. The third-order valence-corrected chi connectivity index (χ3v) is 5.63. The van der Waals surface area contributed by atoms with Crippen molar-refractivity contribution in [1.82, 2.24) is 0 Å². The molecule has 5 rings (SSSR count). The van der Waals surface area contributed by atoms with Crippen molar-refractivity contribution in [2.45, 2.75) is 6.42 Å². The minimum atomic E-state index is -0.571. The highest BCUT2D eigenvalue weighted by molar-refractivity contribution is 6.34. The van der Waals surface area contributed by atoms with Gasteiger partial charge in [-0.05, 0) is 48.5 Å². The normalized spacial score (nSPS) is 17.6. The number of fused-ring (bicyclic) bond motifs is 1. The maximum atomic E-state index is 12.6. The smallest absolute Gasteiger partial charge is 0.316 e. The summed E-state index contributed by atoms with van der Waals surface area (Å²) in [5.74, 6) is -1.69. The van der Waals surface area contributed by atoms with Crippen molar-refractivity contribution in [2.24, 2.45) is 5.92 Å². The molecule has 0 radical (unpaired) electrons. The summed E-state index contributed by atoms with van der Waals surface area (Å²) in [6.07, 6.45) is 0.0842. The van der Waals surface area contributed by atoms with E-state index in [0.29, 0.717) is 16.8 Å². The zero-order chi connectivity index (χ0) is 22.2. The quantitative estimate of drug-likeness (QED) is 0.363. The Hall–Kier alpha value is -4.26. The molecular formula is C25H18N2O5. The lowest BCUT2D eigenvalue weighted by Gasteiger charge is -2.16. The summed E-state index contributed by atoms with van der Waals surface area (Å²) in [6, 6.07) is 22.0. The van der Waals surface area contributed by atoms with Crippen molar-refractivity contribution in [2.75, 3.05) is 16.3 Å². The molecule has 3 aromatic rings. The average molecular weight is 426 g/mol. The number of anilines is 2. The van der Waals surface area contributed by atoms with Crippen LogP contribution in [0.1, 0.15) is 27.1 Å². The number of hydrogen-bond acceptors (Lipinski definition) is 5. The predicted octanol–water partition coefficient (Wildman–Crippen LogP) is 3.45. The molecule has 0 saturated carbocycles. The molecule has 1 fully saturated rings. The first-order valence-corrected chi connectivity index (χ1v) is 10.2. The lowest BCUT2D eigenvalue weighted by atomic mass is 10.1. The highest BCUT2D eigenvalue weighted by Gasteiger charge is 2.37. The molecule has 0 unspecified atom stereocenters. The lowest BCUT2D eigenvalue weighted by Crippen LogP contribution is -2.29. The van der Waals surface area contributed by atoms with Crippen molar-refractivity contribution >= 4 is 35.1 Å². The third kappa shape index (κ3) is 3.33. The van der Waals surface area contributed by atoms with E-state index in [9.17, 15) is 19.2 Å². The molecule has 0 bridgehead atoms. The molecule has 3 amide bonds.